The molecule has 1 aromatic heterocycles. The Balaban J connectivity index is 1.84. The molecule has 0 bridgehead atoms. The maximum absolute atomic E-state index is 11.7. The molecular weight excluding hydrogens is 388 g/mol. The number of hydrogen-bond acceptors (Lipinski definition) is 8. The van der Waals surface area contributed by atoms with Crippen LogP contribution in [0.15, 0.2) is 41.3 Å². The molecule has 0 atom stereocenters. The summed E-state index contributed by atoms with van der Waals surface area (Å²) < 4.78 is 0.581. The molecule has 0 spiro atoms. The van der Waals surface area contributed by atoms with Crippen molar-refractivity contribution in [1.82, 2.24) is 20.8 Å². The van der Waals surface area contributed by atoms with Gasteiger partial charge in [0.1, 0.15) is 0 Å². The Morgan fingerprint density at radius 1 is 1.26 bits per heavy atom. The highest BCUT2D eigenvalue weighted by Crippen LogP contribution is 2.28. The summed E-state index contributed by atoms with van der Waals surface area (Å²) in [5.41, 5.74) is 1.41. The SMILES string of the molecule is C=CCNC(=O)NC(=O)CSc1nnc(Nc2cccc(NC(C)=O)c2)s1. The summed E-state index contributed by atoms with van der Waals surface area (Å²) >= 11 is 2.44. The lowest BCUT2D eigenvalue weighted by molar-refractivity contribution is -0.117. The molecule has 0 unspecified atom stereocenters. The number of benzene rings is 1. The average molecular weight is 406 g/mol. The zero-order chi connectivity index (χ0) is 19.6. The number of nitrogens with zero attached hydrogens (tertiary/aromatic N) is 2. The lowest BCUT2D eigenvalue weighted by Crippen LogP contribution is -2.40. The van der Waals surface area contributed by atoms with Crippen LogP contribution in [-0.4, -0.2) is 40.3 Å². The van der Waals surface area contributed by atoms with E-state index in [0.29, 0.717) is 15.2 Å². The van der Waals surface area contributed by atoms with Gasteiger partial charge in [-0.25, -0.2) is 4.79 Å². The number of imide groups is 1. The highest BCUT2D eigenvalue weighted by Gasteiger charge is 2.11. The van der Waals surface area contributed by atoms with Crippen molar-refractivity contribution in [2.75, 3.05) is 22.9 Å². The highest BCUT2D eigenvalue weighted by molar-refractivity contribution is 8.01. The van der Waals surface area contributed by atoms with E-state index in [-0.39, 0.29) is 18.2 Å². The second-order valence-corrected chi connectivity index (χ2v) is 7.30. The van der Waals surface area contributed by atoms with Crippen LogP contribution in [-0.2, 0) is 9.59 Å². The van der Waals surface area contributed by atoms with Gasteiger partial charge in [0.05, 0.1) is 5.75 Å². The van der Waals surface area contributed by atoms with Gasteiger partial charge >= 0.3 is 6.03 Å². The number of thioether (sulfide) groups is 1. The van der Waals surface area contributed by atoms with Gasteiger partial charge in [0.25, 0.3) is 0 Å². The first-order valence-electron chi connectivity index (χ1n) is 7.76. The Bertz CT molecular complexity index is 839. The summed E-state index contributed by atoms with van der Waals surface area (Å²) in [6, 6.07) is 6.60. The first-order chi connectivity index (χ1) is 13.0. The van der Waals surface area contributed by atoms with Gasteiger partial charge in [-0.15, -0.1) is 16.8 Å². The summed E-state index contributed by atoms with van der Waals surface area (Å²) in [7, 11) is 0. The summed E-state index contributed by atoms with van der Waals surface area (Å²) in [6.07, 6.45) is 1.51. The van der Waals surface area contributed by atoms with E-state index in [1.165, 1.54) is 36.1 Å². The third-order valence-corrected chi connectivity index (χ3v) is 4.80. The molecule has 0 saturated heterocycles. The van der Waals surface area contributed by atoms with Gasteiger partial charge < -0.3 is 16.0 Å². The number of aromatic nitrogens is 2. The smallest absolute Gasteiger partial charge is 0.321 e. The van der Waals surface area contributed by atoms with Crippen molar-refractivity contribution in [3.05, 3.63) is 36.9 Å². The molecule has 142 valence electrons. The number of anilines is 3. The molecule has 0 saturated carbocycles. The topological polar surface area (TPSA) is 125 Å². The van der Waals surface area contributed by atoms with Crippen LogP contribution >= 0.6 is 23.1 Å². The fourth-order valence-electron chi connectivity index (χ4n) is 1.82. The number of hydrogen-bond donors (Lipinski definition) is 4. The maximum atomic E-state index is 11.7. The molecular formula is C16H18N6O3S2. The first kappa shape index (κ1) is 20.4. The van der Waals surface area contributed by atoms with Gasteiger partial charge in [-0.2, -0.15) is 0 Å². The van der Waals surface area contributed by atoms with Crippen molar-refractivity contribution >= 4 is 57.5 Å². The lowest BCUT2D eigenvalue weighted by atomic mass is 10.3. The maximum Gasteiger partial charge on any atom is 0.321 e. The van der Waals surface area contributed by atoms with E-state index in [4.69, 9.17) is 0 Å². The quantitative estimate of drug-likeness (QED) is 0.392. The molecule has 0 aliphatic heterocycles. The monoisotopic (exact) mass is 406 g/mol. The highest BCUT2D eigenvalue weighted by atomic mass is 32.2. The minimum absolute atomic E-state index is 0.0359. The Morgan fingerprint density at radius 3 is 2.78 bits per heavy atom. The Morgan fingerprint density at radius 2 is 2.04 bits per heavy atom. The van der Waals surface area contributed by atoms with Crippen LogP contribution in [0.5, 0.6) is 0 Å². The van der Waals surface area contributed by atoms with Gasteiger partial charge in [0.15, 0.2) is 4.34 Å². The van der Waals surface area contributed by atoms with Crippen LogP contribution < -0.4 is 21.3 Å². The molecule has 0 aliphatic carbocycles. The number of amides is 4. The van der Waals surface area contributed by atoms with E-state index in [2.05, 4.69) is 38.0 Å². The second-order valence-electron chi connectivity index (χ2n) is 5.10. The van der Waals surface area contributed by atoms with Gasteiger partial charge in [0.2, 0.25) is 16.9 Å². The molecule has 2 aromatic rings. The summed E-state index contributed by atoms with van der Waals surface area (Å²) in [6.45, 7) is 5.18. The molecule has 0 fully saturated rings. The van der Waals surface area contributed by atoms with Crippen molar-refractivity contribution in [1.29, 1.82) is 0 Å². The number of carbonyl (C=O) groups excluding carboxylic acids is 3. The molecule has 0 radical (unpaired) electrons. The standard InChI is InChI=1S/C16H18N6O3S2/c1-3-7-17-14(25)20-13(24)9-26-16-22-21-15(27-16)19-12-6-4-5-11(8-12)18-10(2)23/h3-6,8H,1,7,9H2,2H3,(H,18,23)(H,19,21)(H2,17,20,24,25). The molecule has 2 rings (SSSR count). The summed E-state index contributed by atoms with van der Waals surface area (Å²) in [5.74, 6) is -0.554. The minimum Gasteiger partial charge on any atom is -0.334 e. The van der Waals surface area contributed by atoms with Crippen molar-refractivity contribution < 1.29 is 14.4 Å². The zero-order valence-corrected chi connectivity index (χ0v) is 16.1. The summed E-state index contributed by atoms with van der Waals surface area (Å²) in [4.78, 5) is 34.2. The molecule has 9 nitrogen and oxygen atoms in total. The third-order valence-electron chi connectivity index (χ3n) is 2.83. The molecule has 4 amide bonds. The molecule has 1 heterocycles. The van der Waals surface area contributed by atoms with E-state index >= 15 is 0 Å². The Labute approximate surface area is 164 Å². The van der Waals surface area contributed by atoms with Gasteiger partial charge in [-0.05, 0) is 18.2 Å². The predicted octanol–water partition coefficient (Wildman–Crippen LogP) is 2.34. The van der Waals surface area contributed by atoms with E-state index in [0.717, 1.165) is 5.69 Å². The fraction of sp³-hybridized carbons (Fsp3) is 0.188. The average Bonchev–Trinajstić information content (AvgIpc) is 3.05. The Kier molecular flexibility index (Phi) is 7.77. The Hall–Kier alpha value is -2.92. The molecule has 27 heavy (non-hydrogen) atoms. The zero-order valence-electron chi connectivity index (χ0n) is 14.4. The lowest BCUT2D eigenvalue weighted by Gasteiger charge is -2.05. The second kappa shape index (κ2) is 10.3. The van der Waals surface area contributed by atoms with Crippen LogP contribution in [0.3, 0.4) is 0 Å². The minimum atomic E-state index is -0.570. The van der Waals surface area contributed by atoms with Crippen molar-refractivity contribution in [2.45, 2.75) is 11.3 Å². The number of nitrogens with one attached hydrogen (secondary N) is 4. The first-order valence-corrected chi connectivity index (χ1v) is 9.56. The van der Waals surface area contributed by atoms with Crippen LogP contribution in [0.2, 0.25) is 0 Å². The molecule has 11 heteroatoms. The van der Waals surface area contributed by atoms with Gasteiger partial charge in [-0.3, -0.25) is 14.9 Å². The largest absolute Gasteiger partial charge is 0.334 e. The molecule has 1 aromatic carbocycles. The molecule has 4 N–H and O–H groups in total. The van der Waals surface area contributed by atoms with Crippen LogP contribution in [0.1, 0.15) is 6.92 Å². The normalized spacial score (nSPS) is 9.96. The summed E-state index contributed by atoms with van der Waals surface area (Å²) in [5, 5.41) is 19.0. The van der Waals surface area contributed by atoms with E-state index in [1.807, 2.05) is 6.07 Å². The van der Waals surface area contributed by atoms with Crippen molar-refractivity contribution in [3.63, 3.8) is 0 Å². The fourth-order valence-corrected chi connectivity index (χ4v) is 3.39. The predicted molar refractivity (Wildman–Crippen MR) is 106 cm³/mol. The number of urea groups is 1. The van der Waals surface area contributed by atoms with Crippen LogP contribution in [0.4, 0.5) is 21.3 Å². The number of rotatable bonds is 8. The van der Waals surface area contributed by atoms with Crippen LogP contribution in [0, 0.1) is 0 Å². The van der Waals surface area contributed by atoms with Gasteiger partial charge in [-0.1, -0.05) is 35.2 Å². The molecule has 0 aliphatic rings. The van der Waals surface area contributed by atoms with Crippen LogP contribution in [0.25, 0.3) is 0 Å². The van der Waals surface area contributed by atoms with Crippen molar-refractivity contribution in [3.8, 4) is 0 Å². The van der Waals surface area contributed by atoms with E-state index < -0.39 is 11.9 Å². The third kappa shape index (κ3) is 7.46. The van der Waals surface area contributed by atoms with Crippen molar-refractivity contribution in [2.24, 2.45) is 0 Å². The number of carbonyl (C=O) groups is 3. The van der Waals surface area contributed by atoms with Gasteiger partial charge in [0, 0.05) is 24.8 Å². The van der Waals surface area contributed by atoms with E-state index in [9.17, 15) is 14.4 Å². The van der Waals surface area contributed by atoms with E-state index in [1.54, 1.807) is 18.2 Å².